The molecule has 17 heavy (non-hydrogen) atoms. The lowest BCUT2D eigenvalue weighted by atomic mass is 9.83. The monoisotopic (exact) mass is 232 g/mol. The van der Waals surface area contributed by atoms with Gasteiger partial charge >= 0.3 is 6.01 Å². The van der Waals surface area contributed by atoms with Crippen molar-refractivity contribution >= 4 is 0 Å². The van der Waals surface area contributed by atoms with Gasteiger partial charge < -0.3 is 10.5 Å². The summed E-state index contributed by atoms with van der Waals surface area (Å²) in [5.74, 6) is 0. The molecule has 5 heteroatoms. The Morgan fingerprint density at radius 2 is 2.18 bits per heavy atom. The molecule has 1 aromatic heterocycles. The number of ether oxygens (including phenoxy) is 1. The van der Waals surface area contributed by atoms with E-state index >= 15 is 0 Å². The van der Waals surface area contributed by atoms with E-state index in [9.17, 15) is 0 Å². The molecule has 0 amide bonds. The maximum absolute atomic E-state index is 8.71. The number of nitrogens with zero attached hydrogens (tertiary/aromatic N) is 3. The highest BCUT2D eigenvalue weighted by molar-refractivity contribution is 5.19. The second-order valence-electron chi connectivity index (χ2n) is 4.55. The molecular weight excluding hydrogens is 216 g/mol. The van der Waals surface area contributed by atoms with Crippen LogP contribution in [0.25, 0.3) is 0 Å². The van der Waals surface area contributed by atoms with E-state index in [-0.39, 0.29) is 11.5 Å². The van der Waals surface area contributed by atoms with Gasteiger partial charge in [0.15, 0.2) is 0 Å². The molecule has 1 fully saturated rings. The predicted octanol–water partition coefficient (Wildman–Crippen LogP) is 1.39. The van der Waals surface area contributed by atoms with Gasteiger partial charge in [0.2, 0.25) is 0 Å². The van der Waals surface area contributed by atoms with Gasteiger partial charge in [-0.15, -0.1) is 0 Å². The Hall–Kier alpha value is -1.67. The van der Waals surface area contributed by atoms with Gasteiger partial charge in [0.25, 0.3) is 0 Å². The Morgan fingerprint density at radius 1 is 1.41 bits per heavy atom. The third-order valence-electron chi connectivity index (χ3n) is 3.09. The average Bonchev–Trinajstić information content (AvgIpc) is 2.38. The Bertz CT molecular complexity index is 421. The van der Waals surface area contributed by atoms with Crippen LogP contribution in [0.4, 0.5) is 0 Å². The van der Waals surface area contributed by atoms with Crippen LogP contribution in [0.1, 0.15) is 37.8 Å². The van der Waals surface area contributed by atoms with Gasteiger partial charge in [-0.2, -0.15) is 10.2 Å². The standard InChI is InChI=1S/C12H16N4O/c13-8-10-4-7-15-11(16-10)17-9-12(14)5-2-1-3-6-12/h4,7H,1-3,5-6,9,14H2. The van der Waals surface area contributed by atoms with Crippen molar-refractivity contribution in [1.82, 2.24) is 9.97 Å². The molecule has 90 valence electrons. The van der Waals surface area contributed by atoms with Crippen molar-refractivity contribution in [3.8, 4) is 12.1 Å². The zero-order valence-electron chi connectivity index (χ0n) is 9.72. The summed E-state index contributed by atoms with van der Waals surface area (Å²) in [5.41, 5.74) is 6.28. The van der Waals surface area contributed by atoms with E-state index in [0.717, 1.165) is 25.7 Å². The van der Waals surface area contributed by atoms with Gasteiger partial charge in [-0.05, 0) is 18.9 Å². The molecule has 1 heterocycles. The second-order valence-corrected chi connectivity index (χ2v) is 4.55. The molecule has 0 atom stereocenters. The Morgan fingerprint density at radius 3 is 2.88 bits per heavy atom. The molecule has 0 aliphatic heterocycles. The van der Waals surface area contributed by atoms with Crippen LogP contribution in [0.3, 0.4) is 0 Å². The Balaban J connectivity index is 1.95. The van der Waals surface area contributed by atoms with Gasteiger partial charge in [-0.1, -0.05) is 19.3 Å². The topological polar surface area (TPSA) is 84.8 Å². The number of hydrogen-bond donors (Lipinski definition) is 1. The first-order valence-electron chi connectivity index (χ1n) is 5.87. The highest BCUT2D eigenvalue weighted by Gasteiger charge is 2.28. The number of nitriles is 1. The maximum Gasteiger partial charge on any atom is 0.317 e. The van der Waals surface area contributed by atoms with Crippen LogP contribution in [0.2, 0.25) is 0 Å². The average molecular weight is 232 g/mol. The van der Waals surface area contributed by atoms with Crippen LogP contribution in [-0.2, 0) is 0 Å². The van der Waals surface area contributed by atoms with Crippen LogP contribution in [0.15, 0.2) is 12.3 Å². The molecule has 0 bridgehead atoms. The van der Waals surface area contributed by atoms with E-state index < -0.39 is 0 Å². The fourth-order valence-corrected chi connectivity index (χ4v) is 2.08. The smallest absolute Gasteiger partial charge is 0.317 e. The SMILES string of the molecule is N#Cc1ccnc(OCC2(N)CCCCC2)n1. The fraction of sp³-hybridized carbons (Fsp3) is 0.583. The molecule has 1 aliphatic carbocycles. The van der Waals surface area contributed by atoms with Gasteiger partial charge in [0.05, 0.1) is 5.54 Å². The highest BCUT2D eigenvalue weighted by Crippen LogP contribution is 2.26. The molecule has 5 nitrogen and oxygen atoms in total. The molecule has 0 aromatic carbocycles. The zero-order chi connectivity index (χ0) is 12.1. The second kappa shape index (κ2) is 5.11. The van der Waals surface area contributed by atoms with Crippen molar-refractivity contribution in [2.45, 2.75) is 37.6 Å². The van der Waals surface area contributed by atoms with Gasteiger partial charge in [0.1, 0.15) is 18.4 Å². The summed E-state index contributed by atoms with van der Waals surface area (Å²) < 4.78 is 5.49. The van der Waals surface area contributed by atoms with Crippen molar-refractivity contribution < 1.29 is 4.74 Å². The first kappa shape index (κ1) is 11.8. The summed E-state index contributed by atoms with van der Waals surface area (Å²) in [4.78, 5) is 7.92. The van der Waals surface area contributed by atoms with Crippen molar-refractivity contribution in [1.29, 1.82) is 5.26 Å². The molecule has 2 N–H and O–H groups in total. The van der Waals surface area contributed by atoms with Crippen LogP contribution >= 0.6 is 0 Å². The fourth-order valence-electron chi connectivity index (χ4n) is 2.08. The van der Waals surface area contributed by atoms with Crippen LogP contribution < -0.4 is 10.5 Å². The third kappa shape index (κ3) is 3.14. The number of aromatic nitrogens is 2. The third-order valence-corrected chi connectivity index (χ3v) is 3.09. The van der Waals surface area contributed by atoms with Crippen molar-refractivity contribution in [3.05, 3.63) is 18.0 Å². The highest BCUT2D eigenvalue weighted by atomic mass is 16.5. The summed E-state index contributed by atoms with van der Waals surface area (Å²) in [5, 5.41) is 8.71. The van der Waals surface area contributed by atoms with Crippen molar-refractivity contribution in [2.24, 2.45) is 5.73 Å². The molecule has 2 rings (SSSR count). The van der Waals surface area contributed by atoms with Crippen molar-refractivity contribution in [3.63, 3.8) is 0 Å². The lowest BCUT2D eigenvalue weighted by Crippen LogP contribution is -2.47. The molecule has 0 spiro atoms. The lowest BCUT2D eigenvalue weighted by Gasteiger charge is -2.32. The number of rotatable bonds is 3. The molecule has 1 saturated carbocycles. The summed E-state index contributed by atoms with van der Waals surface area (Å²) in [7, 11) is 0. The van der Waals surface area contributed by atoms with Crippen LogP contribution in [0, 0.1) is 11.3 Å². The first-order valence-corrected chi connectivity index (χ1v) is 5.87. The molecular formula is C12H16N4O. The minimum Gasteiger partial charge on any atom is -0.461 e. The molecule has 0 radical (unpaired) electrons. The van der Waals surface area contributed by atoms with Gasteiger partial charge in [-0.25, -0.2) is 4.98 Å². The van der Waals surface area contributed by atoms with Crippen LogP contribution in [-0.4, -0.2) is 22.1 Å². The number of hydrogen-bond acceptors (Lipinski definition) is 5. The summed E-state index contributed by atoms with van der Waals surface area (Å²) in [6.45, 7) is 0.419. The molecule has 0 unspecified atom stereocenters. The summed E-state index contributed by atoms with van der Waals surface area (Å²) in [6.07, 6.45) is 7.03. The Labute approximate surface area is 101 Å². The van der Waals surface area contributed by atoms with E-state index in [1.165, 1.54) is 12.6 Å². The van der Waals surface area contributed by atoms with E-state index in [2.05, 4.69) is 9.97 Å². The first-order chi connectivity index (χ1) is 8.22. The normalized spacial score (nSPS) is 18.4. The van der Waals surface area contributed by atoms with E-state index in [4.69, 9.17) is 15.7 Å². The summed E-state index contributed by atoms with van der Waals surface area (Å²) in [6, 6.07) is 3.74. The summed E-state index contributed by atoms with van der Waals surface area (Å²) >= 11 is 0. The van der Waals surface area contributed by atoms with E-state index in [0.29, 0.717) is 12.3 Å². The Kier molecular flexibility index (Phi) is 3.55. The van der Waals surface area contributed by atoms with Gasteiger partial charge in [0, 0.05) is 6.20 Å². The number of nitrogens with two attached hydrogens (primary N) is 1. The predicted molar refractivity (Wildman–Crippen MR) is 62.2 cm³/mol. The molecule has 1 aliphatic rings. The quantitative estimate of drug-likeness (QED) is 0.851. The lowest BCUT2D eigenvalue weighted by molar-refractivity contribution is 0.164. The van der Waals surface area contributed by atoms with Gasteiger partial charge in [-0.3, -0.25) is 0 Å². The largest absolute Gasteiger partial charge is 0.461 e. The molecule has 0 saturated heterocycles. The molecule has 1 aromatic rings. The minimum absolute atomic E-state index is 0.236. The minimum atomic E-state index is -0.260. The van der Waals surface area contributed by atoms with E-state index in [1.54, 1.807) is 6.07 Å². The van der Waals surface area contributed by atoms with Crippen LogP contribution in [0.5, 0.6) is 6.01 Å². The zero-order valence-corrected chi connectivity index (χ0v) is 9.72. The van der Waals surface area contributed by atoms with Crippen molar-refractivity contribution in [2.75, 3.05) is 6.61 Å². The van der Waals surface area contributed by atoms with E-state index in [1.807, 2.05) is 6.07 Å². The maximum atomic E-state index is 8.71.